The second-order valence-electron chi connectivity index (χ2n) is 9.13. The molecule has 0 aliphatic heterocycles. The van der Waals surface area contributed by atoms with Gasteiger partial charge in [-0.25, -0.2) is 17.7 Å². The number of unbranched alkanes of at least 4 members (excludes halogenated alkanes) is 1. The second kappa shape index (κ2) is 13.6. The van der Waals surface area contributed by atoms with Crippen LogP contribution < -0.4 is 19.2 Å². The number of fused-ring (bicyclic) bond motifs is 1. The molecule has 4 rings (SSSR count). The third-order valence-corrected chi connectivity index (χ3v) is 9.72. The van der Waals surface area contributed by atoms with E-state index in [1.54, 1.807) is 19.2 Å². The van der Waals surface area contributed by atoms with Crippen molar-refractivity contribution in [1.29, 1.82) is 0 Å². The third kappa shape index (κ3) is 6.75. The van der Waals surface area contributed by atoms with E-state index in [0.29, 0.717) is 40.0 Å². The van der Waals surface area contributed by atoms with Crippen LogP contribution in [0.1, 0.15) is 35.7 Å². The van der Waals surface area contributed by atoms with Gasteiger partial charge in [0.25, 0.3) is 5.91 Å². The van der Waals surface area contributed by atoms with Crippen LogP contribution in [0, 0.1) is 0 Å². The molecule has 0 N–H and O–H groups in total. The number of sulfonamides is 1. The van der Waals surface area contributed by atoms with Crippen LogP contribution in [-0.2, 0) is 10.0 Å². The molecular formula is C29H31BrN4O6S2. The molecule has 0 bridgehead atoms. The molecule has 3 aromatic carbocycles. The van der Waals surface area contributed by atoms with E-state index in [1.165, 1.54) is 72.5 Å². The number of halogens is 1. The monoisotopic (exact) mass is 674 g/mol. The number of methoxy groups -OCH3 is 3. The minimum atomic E-state index is -3.68. The summed E-state index contributed by atoms with van der Waals surface area (Å²) in [5.41, 5.74) is 1.53. The maximum absolute atomic E-state index is 13.8. The van der Waals surface area contributed by atoms with Crippen molar-refractivity contribution in [3.8, 4) is 17.2 Å². The molecule has 0 radical (unpaired) electrons. The minimum absolute atomic E-state index is 0.106. The van der Waals surface area contributed by atoms with Gasteiger partial charge in [-0.2, -0.15) is 10.1 Å². The van der Waals surface area contributed by atoms with Crippen molar-refractivity contribution in [2.45, 2.75) is 24.7 Å². The molecule has 222 valence electrons. The quantitative estimate of drug-likeness (QED) is 0.130. The van der Waals surface area contributed by atoms with Crippen molar-refractivity contribution in [3.63, 3.8) is 0 Å². The van der Waals surface area contributed by atoms with Gasteiger partial charge in [0.05, 0.1) is 42.7 Å². The Bertz CT molecular complexity index is 1680. The van der Waals surface area contributed by atoms with Gasteiger partial charge in [0.2, 0.25) is 20.9 Å². The van der Waals surface area contributed by atoms with E-state index in [2.05, 4.69) is 26.0 Å². The van der Waals surface area contributed by atoms with Gasteiger partial charge >= 0.3 is 0 Å². The van der Waals surface area contributed by atoms with Crippen LogP contribution in [-0.4, -0.2) is 64.8 Å². The average molecular weight is 676 g/mol. The Morgan fingerprint density at radius 1 is 1.02 bits per heavy atom. The molecule has 0 spiro atoms. The molecule has 0 saturated carbocycles. The van der Waals surface area contributed by atoms with Crippen LogP contribution in [0.2, 0.25) is 0 Å². The van der Waals surface area contributed by atoms with Crippen molar-refractivity contribution in [3.05, 3.63) is 70.2 Å². The summed E-state index contributed by atoms with van der Waals surface area (Å²) in [4.78, 5) is 18.6. The van der Waals surface area contributed by atoms with E-state index < -0.39 is 15.9 Å². The van der Waals surface area contributed by atoms with Crippen LogP contribution in [0.25, 0.3) is 10.2 Å². The first-order chi connectivity index (χ1) is 20.1. The Hall–Kier alpha value is -3.52. The van der Waals surface area contributed by atoms with Gasteiger partial charge in [-0.1, -0.05) is 40.6 Å². The topological polar surface area (TPSA) is 111 Å². The number of aromatic nitrogens is 1. The Kier molecular flexibility index (Phi) is 10.2. The number of hydrazone groups is 1. The predicted octanol–water partition coefficient (Wildman–Crippen LogP) is 6.19. The zero-order chi connectivity index (χ0) is 30.4. The van der Waals surface area contributed by atoms with Crippen molar-refractivity contribution in [1.82, 2.24) is 9.29 Å². The van der Waals surface area contributed by atoms with E-state index >= 15 is 0 Å². The third-order valence-electron chi connectivity index (χ3n) is 6.36. The van der Waals surface area contributed by atoms with Crippen molar-refractivity contribution in [2.24, 2.45) is 5.10 Å². The highest BCUT2D eigenvalue weighted by Crippen LogP contribution is 2.38. The number of hydrogen-bond acceptors (Lipinski definition) is 9. The van der Waals surface area contributed by atoms with Gasteiger partial charge in [0.1, 0.15) is 0 Å². The number of carbonyl (C=O) groups excluding carboxylic acids is 1. The lowest BCUT2D eigenvalue weighted by Gasteiger charge is -2.17. The molecule has 0 aliphatic carbocycles. The number of benzene rings is 3. The van der Waals surface area contributed by atoms with Gasteiger partial charge in [-0.3, -0.25) is 4.79 Å². The molecule has 0 saturated heterocycles. The fourth-order valence-corrected chi connectivity index (χ4v) is 6.72. The molecule has 0 aliphatic rings. The van der Waals surface area contributed by atoms with E-state index in [4.69, 9.17) is 14.2 Å². The number of thiazole rings is 1. The first kappa shape index (κ1) is 31.4. The molecule has 13 heteroatoms. The lowest BCUT2D eigenvalue weighted by molar-refractivity contribution is 0.0987. The number of carbonyl (C=O) groups is 1. The molecule has 1 amide bonds. The van der Waals surface area contributed by atoms with Gasteiger partial charge in [0.15, 0.2) is 11.5 Å². The molecule has 0 fully saturated rings. The minimum Gasteiger partial charge on any atom is -0.493 e. The van der Waals surface area contributed by atoms with Crippen molar-refractivity contribution in [2.75, 3.05) is 39.9 Å². The Balaban J connectivity index is 1.73. The second-order valence-corrected chi connectivity index (χ2v) is 13.1. The number of anilines is 1. The van der Waals surface area contributed by atoms with Crippen LogP contribution in [0.5, 0.6) is 17.2 Å². The average Bonchev–Trinajstić information content (AvgIpc) is 3.41. The number of hydrogen-bond donors (Lipinski definition) is 0. The zero-order valence-corrected chi connectivity index (χ0v) is 27.0. The molecule has 1 heterocycles. The summed E-state index contributed by atoms with van der Waals surface area (Å²) in [5, 5.41) is 6.05. The summed E-state index contributed by atoms with van der Waals surface area (Å²) >= 11 is 4.77. The molecule has 42 heavy (non-hydrogen) atoms. The predicted molar refractivity (Wildman–Crippen MR) is 169 cm³/mol. The highest BCUT2D eigenvalue weighted by molar-refractivity contribution is 9.10. The maximum atomic E-state index is 13.8. The van der Waals surface area contributed by atoms with Gasteiger partial charge in [-0.15, -0.1) is 0 Å². The lowest BCUT2D eigenvalue weighted by atomic mass is 10.2. The van der Waals surface area contributed by atoms with E-state index in [0.717, 1.165) is 22.0 Å². The Labute approximate surface area is 257 Å². The van der Waals surface area contributed by atoms with Gasteiger partial charge in [0, 0.05) is 29.2 Å². The van der Waals surface area contributed by atoms with E-state index in [1.807, 2.05) is 25.1 Å². The zero-order valence-electron chi connectivity index (χ0n) is 23.8. The number of nitrogens with zero attached hydrogens (tertiary/aromatic N) is 4. The van der Waals surface area contributed by atoms with Gasteiger partial charge < -0.3 is 14.2 Å². The van der Waals surface area contributed by atoms with Crippen molar-refractivity contribution < 1.29 is 27.4 Å². The smallest absolute Gasteiger partial charge is 0.280 e. The molecular weight excluding hydrogens is 644 g/mol. The molecule has 1 aromatic heterocycles. The molecule has 0 atom stereocenters. The van der Waals surface area contributed by atoms with Crippen LogP contribution >= 0.6 is 27.3 Å². The summed E-state index contributed by atoms with van der Waals surface area (Å²) in [5.74, 6) is 0.806. The van der Waals surface area contributed by atoms with Gasteiger partial charge in [-0.05, 0) is 61.0 Å². The number of ether oxygens (including phenoxy) is 3. The molecule has 10 nitrogen and oxygen atoms in total. The summed E-state index contributed by atoms with van der Waals surface area (Å²) in [6, 6.07) is 14.9. The first-order valence-electron chi connectivity index (χ1n) is 12.9. The van der Waals surface area contributed by atoms with E-state index in [-0.39, 0.29) is 10.5 Å². The summed E-state index contributed by atoms with van der Waals surface area (Å²) in [7, 11) is 2.41. The highest BCUT2D eigenvalue weighted by atomic mass is 79.9. The largest absolute Gasteiger partial charge is 0.493 e. The lowest BCUT2D eigenvalue weighted by Crippen LogP contribution is -2.28. The number of rotatable bonds is 12. The van der Waals surface area contributed by atoms with Crippen LogP contribution in [0.3, 0.4) is 0 Å². The summed E-state index contributed by atoms with van der Waals surface area (Å²) in [6.45, 7) is 2.41. The van der Waals surface area contributed by atoms with Crippen molar-refractivity contribution >= 4 is 64.8 Å². The maximum Gasteiger partial charge on any atom is 0.280 e. The first-order valence-corrected chi connectivity index (χ1v) is 16.0. The summed E-state index contributed by atoms with van der Waals surface area (Å²) < 4.78 is 45.3. The van der Waals surface area contributed by atoms with Crippen LogP contribution in [0.15, 0.2) is 69.1 Å². The van der Waals surface area contributed by atoms with E-state index in [9.17, 15) is 13.2 Å². The SMILES string of the molecule is CCCCN(C)S(=O)(=O)c1ccc(C(=O)N(/N=C/c2cc(OC)c(OC)c(OC)c2)c2nc3ccc(Br)cc3s2)cc1. The fourth-order valence-electron chi connectivity index (χ4n) is 4.04. The normalized spacial score (nSPS) is 11.8. The fraction of sp³-hybridized carbons (Fsp3) is 0.276. The highest BCUT2D eigenvalue weighted by Gasteiger charge is 2.24. The number of amides is 1. The standard InChI is InChI=1S/C29H31BrN4O6S2/c1-6-7-14-33(2)42(36,37)22-11-8-20(9-12-22)28(35)34(29-32-23-13-10-21(30)17-26(23)41-29)31-18-19-15-24(38-3)27(40-5)25(16-19)39-4/h8-13,15-18H,6-7,14H2,1-5H3/b31-18+. The van der Waals surface area contributed by atoms with Crippen LogP contribution in [0.4, 0.5) is 5.13 Å². The Morgan fingerprint density at radius 3 is 2.29 bits per heavy atom. The summed E-state index contributed by atoms with van der Waals surface area (Å²) in [6.07, 6.45) is 3.12. The Morgan fingerprint density at radius 2 is 1.69 bits per heavy atom. The molecule has 4 aromatic rings. The molecule has 0 unspecified atom stereocenters.